The Bertz CT molecular complexity index is 496. The van der Waals surface area contributed by atoms with Gasteiger partial charge in [0.05, 0.1) is 6.10 Å². The molecule has 0 aliphatic heterocycles. The van der Waals surface area contributed by atoms with Crippen LogP contribution in [0.4, 0.5) is 0 Å². The van der Waals surface area contributed by atoms with Crippen LogP contribution in [0.3, 0.4) is 0 Å². The van der Waals surface area contributed by atoms with Gasteiger partial charge in [0.2, 0.25) is 0 Å². The van der Waals surface area contributed by atoms with Crippen LogP contribution in [0.15, 0.2) is 15.8 Å². The van der Waals surface area contributed by atoms with Crippen LogP contribution in [0.5, 0.6) is 0 Å². The number of hydrogen-bond acceptors (Lipinski definition) is 4. The molecule has 108 valence electrons. The summed E-state index contributed by atoms with van der Waals surface area (Å²) in [7, 11) is 0. The molecule has 0 fully saturated rings. The van der Waals surface area contributed by atoms with E-state index in [9.17, 15) is 9.59 Å². The number of aromatic nitrogens is 2. The lowest BCUT2D eigenvalue weighted by molar-refractivity contribution is 0.0771. The average molecular weight is 290 g/mol. The lowest BCUT2D eigenvalue weighted by atomic mass is 10.4. The minimum Gasteiger partial charge on any atom is -0.379 e. The number of aromatic amines is 1. The Hall–Kier alpha value is -1.11. The van der Waals surface area contributed by atoms with Gasteiger partial charge in [0, 0.05) is 25.9 Å². The quantitative estimate of drug-likeness (QED) is 0.687. The third-order valence-corrected chi connectivity index (χ3v) is 2.72. The molecule has 6 nitrogen and oxygen atoms in total. The van der Waals surface area contributed by atoms with Crippen molar-refractivity contribution in [2.24, 2.45) is 0 Å². The molecule has 0 aromatic carbocycles. The van der Waals surface area contributed by atoms with Gasteiger partial charge >= 0.3 is 5.69 Å². The number of rotatable bonds is 8. The second-order valence-electron chi connectivity index (χ2n) is 4.45. The molecule has 0 atom stereocenters. The predicted octanol–water partition coefficient (Wildman–Crippen LogP) is 0.595. The summed E-state index contributed by atoms with van der Waals surface area (Å²) in [5.41, 5.74) is -0.999. The second-order valence-corrected chi connectivity index (χ2v) is 4.86. The van der Waals surface area contributed by atoms with Crippen molar-refractivity contribution in [2.45, 2.75) is 32.9 Å². The molecule has 0 aliphatic carbocycles. The third kappa shape index (κ3) is 6.04. The molecule has 1 aromatic heterocycles. The molecule has 0 aliphatic rings. The number of hydrogen-bond donors (Lipinski definition) is 2. The summed E-state index contributed by atoms with van der Waals surface area (Å²) in [5, 5.41) is 3.21. The van der Waals surface area contributed by atoms with Crippen LogP contribution in [0.25, 0.3) is 0 Å². The van der Waals surface area contributed by atoms with Gasteiger partial charge < -0.3 is 10.1 Å². The van der Waals surface area contributed by atoms with Gasteiger partial charge in [-0.2, -0.15) is 0 Å². The molecule has 0 spiro atoms. The molecular weight excluding hydrogens is 270 g/mol. The fraction of sp³-hybridized carbons (Fsp3) is 0.667. The molecule has 19 heavy (non-hydrogen) atoms. The summed E-state index contributed by atoms with van der Waals surface area (Å²) in [6.07, 6.45) is 2.52. The molecule has 0 saturated carbocycles. The zero-order valence-electron chi connectivity index (χ0n) is 11.2. The summed E-state index contributed by atoms with van der Waals surface area (Å²) in [5.74, 6) is 0. The maximum absolute atomic E-state index is 11.4. The SMILES string of the molecule is CC(C)OCCCNCCn1cc(Cl)c(=O)[nH]c1=O. The van der Waals surface area contributed by atoms with E-state index >= 15 is 0 Å². The van der Waals surface area contributed by atoms with E-state index in [0.717, 1.165) is 19.6 Å². The standard InChI is InChI=1S/C12H20ClN3O3/c1-9(2)19-7-3-4-14-5-6-16-8-10(13)11(17)15-12(16)18/h8-9,14H,3-7H2,1-2H3,(H,15,17,18). The Kier molecular flexibility index (Phi) is 6.83. The van der Waals surface area contributed by atoms with Gasteiger partial charge in [-0.15, -0.1) is 0 Å². The zero-order valence-corrected chi connectivity index (χ0v) is 12.0. The normalized spacial score (nSPS) is 11.2. The van der Waals surface area contributed by atoms with E-state index in [4.69, 9.17) is 16.3 Å². The first kappa shape index (κ1) is 15.9. The van der Waals surface area contributed by atoms with Crippen molar-refractivity contribution < 1.29 is 4.74 Å². The number of ether oxygens (including phenoxy) is 1. The van der Waals surface area contributed by atoms with Gasteiger partial charge in [-0.3, -0.25) is 14.3 Å². The van der Waals surface area contributed by atoms with E-state index in [1.807, 2.05) is 13.8 Å². The van der Waals surface area contributed by atoms with E-state index in [1.54, 1.807) is 0 Å². The van der Waals surface area contributed by atoms with Crippen LogP contribution >= 0.6 is 11.6 Å². The second kappa shape index (κ2) is 8.14. The number of nitrogens with zero attached hydrogens (tertiary/aromatic N) is 1. The summed E-state index contributed by atoms with van der Waals surface area (Å²) in [4.78, 5) is 24.7. The van der Waals surface area contributed by atoms with Crippen LogP contribution in [0, 0.1) is 0 Å². The van der Waals surface area contributed by atoms with Gasteiger partial charge in [-0.05, 0) is 26.8 Å². The molecule has 0 saturated heterocycles. The summed E-state index contributed by atoms with van der Waals surface area (Å²) in [6, 6.07) is 0. The van der Waals surface area contributed by atoms with Crippen molar-refractivity contribution in [1.29, 1.82) is 0 Å². The summed E-state index contributed by atoms with van der Waals surface area (Å²) >= 11 is 5.66. The molecule has 0 unspecified atom stereocenters. The molecule has 0 radical (unpaired) electrons. The minimum atomic E-state index is -0.554. The first-order valence-electron chi connectivity index (χ1n) is 6.32. The van der Waals surface area contributed by atoms with Crippen LogP contribution in [0.1, 0.15) is 20.3 Å². The topological polar surface area (TPSA) is 76.1 Å². The van der Waals surface area contributed by atoms with Crippen LogP contribution in [-0.2, 0) is 11.3 Å². The largest absolute Gasteiger partial charge is 0.379 e. The molecule has 1 heterocycles. The number of H-pyrrole nitrogens is 1. The van der Waals surface area contributed by atoms with Gasteiger partial charge in [0.1, 0.15) is 5.02 Å². The lowest BCUT2D eigenvalue weighted by Gasteiger charge is -2.09. The highest BCUT2D eigenvalue weighted by Crippen LogP contribution is 1.95. The maximum Gasteiger partial charge on any atom is 0.328 e. The minimum absolute atomic E-state index is 0.0185. The maximum atomic E-state index is 11.4. The lowest BCUT2D eigenvalue weighted by Crippen LogP contribution is -2.33. The highest BCUT2D eigenvalue weighted by atomic mass is 35.5. The fourth-order valence-electron chi connectivity index (χ4n) is 1.49. The van der Waals surface area contributed by atoms with E-state index in [1.165, 1.54) is 10.8 Å². The number of nitrogens with one attached hydrogen (secondary N) is 2. The van der Waals surface area contributed by atoms with Gasteiger partial charge in [0.25, 0.3) is 5.56 Å². The fourth-order valence-corrected chi connectivity index (χ4v) is 1.65. The summed E-state index contributed by atoms with van der Waals surface area (Å²) < 4.78 is 6.78. The van der Waals surface area contributed by atoms with Gasteiger partial charge in [-0.25, -0.2) is 4.79 Å². The molecule has 0 amide bonds. The monoisotopic (exact) mass is 289 g/mol. The van der Waals surface area contributed by atoms with Crippen molar-refractivity contribution in [1.82, 2.24) is 14.9 Å². The molecular formula is C12H20ClN3O3. The van der Waals surface area contributed by atoms with Crippen molar-refractivity contribution >= 4 is 11.6 Å². The van der Waals surface area contributed by atoms with E-state index in [2.05, 4.69) is 10.3 Å². The Morgan fingerprint density at radius 3 is 2.84 bits per heavy atom. The predicted molar refractivity (Wildman–Crippen MR) is 74.9 cm³/mol. The number of halogens is 1. The van der Waals surface area contributed by atoms with Gasteiger partial charge in [-0.1, -0.05) is 11.6 Å². The van der Waals surface area contributed by atoms with Crippen molar-refractivity contribution in [3.8, 4) is 0 Å². The Balaban J connectivity index is 2.25. The molecule has 2 N–H and O–H groups in total. The molecule has 1 aromatic rings. The molecule has 1 rings (SSSR count). The summed E-state index contributed by atoms with van der Waals surface area (Å²) in [6.45, 7) is 6.62. The molecule has 0 bridgehead atoms. The smallest absolute Gasteiger partial charge is 0.328 e. The van der Waals surface area contributed by atoms with E-state index < -0.39 is 11.2 Å². The first-order chi connectivity index (χ1) is 9.00. The van der Waals surface area contributed by atoms with E-state index in [0.29, 0.717) is 13.1 Å². The zero-order chi connectivity index (χ0) is 14.3. The average Bonchev–Trinajstić information content (AvgIpc) is 2.33. The van der Waals surface area contributed by atoms with Crippen LogP contribution < -0.4 is 16.6 Å². The van der Waals surface area contributed by atoms with Crippen molar-refractivity contribution in [3.63, 3.8) is 0 Å². The van der Waals surface area contributed by atoms with Crippen molar-refractivity contribution in [2.75, 3.05) is 19.7 Å². The first-order valence-corrected chi connectivity index (χ1v) is 6.70. The van der Waals surface area contributed by atoms with Gasteiger partial charge in [0.15, 0.2) is 0 Å². The third-order valence-electron chi connectivity index (χ3n) is 2.45. The Labute approximate surface area is 116 Å². The van der Waals surface area contributed by atoms with Crippen LogP contribution in [0.2, 0.25) is 5.02 Å². The van der Waals surface area contributed by atoms with Crippen molar-refractivity contribution in [3.05, 3.63) is 32.1 Å². The Morgan fingerprint density at radius 1 is 1.42 bits per heavy atom. The Morgan fingerprint density at radius 2 is 2.16 bits per heavy atom. The molecule has 7 heteroatoms. The highest BCUT2D eigenvalue weighted by molar-refractivity contribution is 6.30. The highest BCUT2D eigenvalue weighted by Gasteiger charge is 2.01. The van der Waals surface area contributed by atoms with E-state index in [-0.39, 0.29) is 11.1 Å². The van der Waals surface area contributed by atoms with Crippen LogP contribution in [-0.4, -0.2) is 35.4 Å².